The fourth-order valence-corrected chi connectivity index (χ4v) is 5.03. The third kappa shape index (κ3) is 3.98. The number of nitrogens with one attached hydrogen (secondary N) is 1. The van der Waals surface area contributed by atoms with Crippen LogP contribution in [0.1, 0.15) is 34.5 Å². The first-order chi connectivity index (χ1) is 16.3. The fraction of sp³-hybridized carbons (Fsp3) is 0.417. The number of fused-ring (bicyclic) bond motifs is 1. The first kappa shape index (κ1) is 22.3. The molecular formula is C24H26FN5O4. The molecule has 3 amide bonds. The zero-order chi connectivity index (χ0) is 24.0. The van der Waals surface area contributed by atoms with Gasteiger partial charge in [-0.05, 0) is 24.6 Å². The highest BCUT2D eigenvalue weighted by Crippen LogP contribution is 2.35. The molecule has 34 heavy (non-hydrogen) atoms. The van der Waals surface area contributed by atoms with E-state index in [1.807, 2.05) is 6.07 Å². The zero-order valence-electron chi connectivity index (χ0n) is 18.9. The summed E-state index contributed by atoms with van der Waals surface area (Å²) < 4.78 is 16.2. The molecule has 5 rings (SSSR count). The van der Waals surface area contributed by atoms with Crippen LogP contribution in [0.3, 0.4) is 0 Å². The Morgan fingerprint density at radius 2 is 1.82 bits per heavy atom. The first-order valence-corrected chi connectivity index (χ1v) is 11.4. The Balaban J connectivity index is 1.32. The summed E-state index contributed by atoms with van der Waals surface area (Å²) in [7, 11) is 1.76. The maximum absolute atomic E-state index is 14.5. The van der Waals surface area contributed by atoms with E-state index >= 15 is 0 Å². The van der Waals surface area contributed by atoms with E-state index in [2.05, 4.69) is 15.1 Å². The average Bonchev–Trinajstić information content (AvgIpc) is 3.13. The lowest BCUT2D eigenvalue weighted by molar-refractivity contribution is -0.136. The van der Waals surface area contributed by atoms with Gasteiger partial charge in [-0.1, -0.05) is 6.07 Å². The van der Waals surface area contributed by atoms with E-state index in [4.69, 9.17) is 0 Å². The van der Waals surface area contributed by atoms with Crippen molar-refractivity contribution in [3.63, 3.8) is 0 Å². The summed E-state index contributed by atoms with van der Waals surface area (Å²) in [6, 6.07) is 7.18. The van der Waals surface area contributed by atoms with Crippen LogP contribution in [0.4, 0.5) is 10.1 Å². The highest BCUT2D eigenvalue weighted by Gasteiger charge is 2.41. The van der Waals surface area contributed by atoms with Crippen molar-refractivity contribution in [1.29, 1.82) is 0 Å². The van der Waals surface area contributed by atoms with Crippen LogP contribution in [0.25, 0.3) is 0 Å². The van der Waals surface area contributed by atoms with Crippen LogP contribution in [0.15, 0.2) is 35.1 Å². The summed E-state index contributed by atoms with van der Waals surface area (Å²) in [5, 5.41) is 2.29. The SMILES string of the molecule is Cn1c(CN2CCN(c3cc(F)cc4c3CN(C3CCC(=O)NC3=O)C4=O)CC2)cccc1=O. The molecule has 1 aromatic heterocycles. The van der Waals surface area contributed by atoms with Crippen LogP contribution in [0.5, 0.6) is 0 Å². The fourth-order valence-electron chi connectivity index (χ4n) is 5.03. The minimum Gasteiger partial charge on any atom is -0.369 e. The Morgan fingerprint density at radius 3 is 2.56 bits per heavy atom. The van der Waals surface area contributed by atoms with E-state index in [1.54, 1.807) is 17.7 Å². The molecule has 2 saturated heterocycles. The third-order valence-electron chi connectivity index (χ3n) is 6.98. The van der Waals surface area contributed by atoms with Crippen molar-refractivity contribution in [3.05, 3.63) is 63.3 Å². The number of piperidine rings is 1. The standard InChI is InChI=1S/C24H26FN5O4/c1-27-16(3-2-4-22(27)32)13-28-7-9-29(10-8-28)20-12-15(25)11-17-18(20)14-30(24(17)34)19-5-6-21(31)26-23(19)33/h2-4,11-12,19H,5-10,13-14H2,1H3,(H,26,31,33). The van der Waals surface area contributed by atoms with Crippen molar-refractivity contribution in [2.45, 2.75) is 32.0 Å². The van der Waals surface area contributed by atoms with Gasteiger partial charge in [0, 0.05) is 81.3 Å². The molecule has 4 heterocycles. The molecule has 3 aliphatic heterocycles. The number of amides is 3. The van der Waals surface area contributed by atoms with Crippen molar-refractivity contribution < 1.29 is 18.8 Å². The molecule has 3 aliphatic rings. The Morgan fingerprint density at radius 1 is 1.06 bits per heavy atom. The number of hydrogen-bond donors (Lipinski definition) is 1. The summed E-state index contributed by atoms with van der Waals surface area (Å²) in [4.78, 5) is 54.6. The predicted octanol–water partition coefficient (Wildman–Crippen LogP) is 0.608. The van der Waals surface area contributed by atoms with Gasteiger partial charge in [-0.3, -0.25) is 29.4 Å². The van der Waals surface area contributed by atoms with Gasteiger partial charge < -0.3 is 14.4 Å². The van der Waals surface area contributed by atoms with Gasteiger partial charge in [-0.2, -0.15) is 0 Å². The number of piperazine rings is 1. The number of benzene rings is 1. The van der Waals surface area contributed by atoms with E-state index in [0.717, 1.165) is 24.3 Å². The molecule has 1 aromatic carbocycles. The molecule has 10 heteroatoms. The number of imide groups is 1. The number of carbonyl (C=O) groups excluding carboxylic acids is 3. The average molecular weight is 468 g/mol. The van der Waals surface area contributed by atoms with E-state index in [1.165, 1.54) is 23.1 Å². The topological polar surface area (TPSA) is 95.0 Å². The maximum atomic E-state index is 14.5. The van der Waals surface area contributed by atoms with Crippen LogP contribution >= 0.6 is 0 Å². The Kier molecular flexibility index (Phi) is 5.68. The molecule has 0 spiro atoms. The second-order valence-electron chi connectivity index (χ2n) is 9.03. The van der Waals surface area contributed by atoms with Gasteiger partial charge in [0.1, 0.15) is 11.9 Å². The van der Waals surface area contributed by atoms with Gasteiger partial charge in [0.15, 0.2) is 0 Å². The molecule has 0 saturated carbocycles. The smallest absolute Gasteiger partial charge is 0.255 e. The number of carbonyl (C=O) groups is 3. The minimum absolute atomic E-state index is 0.0447. The van der Waals surface area contributed by atoms with Crippen molar-refractivity contribution in [2.75, 3.05) is 31.1 Å². The molecule has 178 valence electrons. The van der Waals surface area contributed by atoms with Gasteiger partial charge in [-0.25, -0.2) is 4.39 Å². The lowest BCUT2D eigenvalue weighted by Gasteiger charge is -2.37. The van der Waals surface area contributed by atoms with Crippen molar-refractivity contribution in [1.82, 2.24) is 19.7 Å². The van der Waals surface area contributed by atoms with Crippen molar-refractivity contribution in [2.24, 2.45) is 7.05 Å². The highest BCUT2D eigenvalue weighted by atomic mass is 19.1. The molecule has 2 fully saturated rings. The second-order valence-corrected chi connectivity index (χ2v) is 9.03. The number of anilines is 1. The van der Waals surface area contributed by atoms with Gasteiger partial charge >= 0.3 is 0 Å². The van der Waals surface area contributed by atoms with Gasteiger partial charge in [0.25, 0.3) is 5.91 Å². The predicted molar refractivity (Wildman–Crippen MR) is 122 cm³/mol. The lowest BCUT2D eigenvalue weighted by atomic mass is 10.0. The number of aromatic nitrogens is 1. The van der Waals surface area contributed by atoms with E-state index in [-0.39, 0.29) is 42.3 Å². The summed E-state index contributed by atoms with van der Waals surface area (Å²) >= 11 is 0. The number of halogens is 1. The van der Waals surface area contributed by atoms with Gasteiger partial charge in [0.05, 0.1) is 0 Å². The van der Waals surface area contributed by atoms with Crippen LogP contribution < -0.4 is 15.8 Å². The Labute approximate surface area is 195 Å². The molecule has 0 bridgehead atoms. The monoisotopic (exact) mass is 467 g/mol. The van der Waals surface area contributed by atoms with Crippen molar-refractivity contribution >= 4 is 23.4 Å². The molecule has 2 aromatic rings. The summed E-state index contributed by atoms with van der Waals surface area (Å²) in [5.74, 6) is -1.70. The van der Waals surface area contributed by atoms with Crippen LogP contribution in [-0.2, 0) is 29.7 Å². The summed E-state index contributed by atoms with van der Waals surface area (Å²) in [6.07, 6.45) is 0.440. The number of rotatable bonds is 4. The second kappa shape index (κ2) is 8.68. The molecule has 9 nitrogen and oxygen atoms in total. The molecular weight excluding hydrogens is 441 g/mol. The van der Waals surface area contributed by atoms with E-state index in [9.17, 15) is 23.6 Å². The highest BCUT2D eigenvalue weighted by molar-refractivity contribution is 6.06. The summed E-state index contributed by atoms with van der Waals surface area (Å²) in [5.41, 5.74) is 2.55. The number of hydrogen-bond acceptors (Lipinski definition) is 6. The Bertz CT molecular complexity index is 1230. The first-order valence-electron chi connectivity index (χ1n) is 11.4. The van der Waals surface area contributed by atoms with Crippen LogP contribution in [-0.4, -0.2) is 64.3 Å². The van der Waals surface area contributed by atoms with Crippen LogP contribution in [0.2, 0.25) is 0 Å². The third-order valence-corrected chi connectivity index (χ3v) is 6.98. The number of nitrogens with zero attached hydrogens (tertiary/aromatic N) is 4. The minimum atomic E-state index is -0.733. The zero-order valence-corrected chi connectivity index (χ0v) is 18.9. The largest absolute Gasteiger partial charge is 0.369 e. The number of pyridine rings is 1. The normalized spacial score (nSPS) is 21.1. The molecule has 1 N–H and O–H groups in total. The quantitative estimate of drug-likeness (QED) is 0.663. The van der Waals surface area contributed by atoms with Gasteiger partial charge in [-0.15, -0.1) is 0 Å². The maximum Gasteiger partial charge on any atom is 0.255 e. The summed E-state index contributed by atoms with van der Waals surface area (Å²) in [6.45, 7) is 3.58. The Hall–Kier alpha value is -3.53. The molecule has 0 aliphatic carbocycles. The molecule has 1 atom stereocenters. The van der Waals surface area contributed by atoms with Gasteiger partial charge in [0.2, 0.25) is 17.4 Å². The van der Waals surface area contributed by atoms with Crippen LogP contribution in [0, 0.1) is 5.82 Å². The molecule has 1 unspecified atom stereocenters. The molecule has 0 radical (unpaired) electrons. The lowest BCUT2D eigenvalue weighted by Crippen LogP contribution is -2.52. The van der Waals surface area contributed by atoms with E-state index in [0.29, 0.717) is 25.3 Å². The van der Waals surface area contributed by atoms with Crippen molar-refractivity contribution in [3.8, 4) is 0 Å². The van der Waals surface area contributed by atoms with E-state index < -0.39 is 17.8 Å².